The van der Waals surface area contributed by atoms with Crippen molar-refractivity contribution in [3.63, 3.8) is 0 Å². The molecule has 0 atom stereocenters. The normalized spacial score (nSPS) is 12.0. The van der Waals surface area contributed by atoms with Crippen molar-refractivity contribution in [2.24, 2.45) is 0 Å². The number of aromatic carboxylic acids is 1. The van der Waals surface area contributed by atoms with Crippen LogP contribution in [0.5, 0.6) is 0 Å². The summed E-state index contributed by atoms with van der Waals surface area (Å²) in [6, 6.07) is 3.04. The van der Waals surface area contributed by atoms with Gasteiger partial charge in [0.05, 0.1) is 5.69 Å². The summed E-state index contributed by atoms with van der Waals surface area (Å²) in [6.07, 6.45) is 0. The van der Waals surface area contributed by atoms with Crippen molar-refractivity contribution in [3.05, 3.63) is 28.7 Å². The molecule has 0 amide bonds. The van der Waals surface area contributed by atoms with Crippen LogP contribution in [0.4, 0.5) is 0 Å². The number of halogens is 1. The quantitative estimate of drug-likeness (QED) is 0.793. The molecular weight excluding hydrogens is 242 g/mol. The third-order valence-corrected chi connectivity index (χ3v) is 2.64. The first kappa shape index (κ1) is 11.9. The Morgan fingerprint density at radius 3 is 2.59 bits per heavy atom. The highest BCUT2D eigenvalue weighted by Gasteiger charge is 2.20. The monoisotopic (exact) mass is 253 g/mol. The fraction of sp³-hybridized carbons (Fsp3) is 0.364. The first-order valence-electron chi connectivity index (χ1n) is 5.09. The van der Waals surface area contributed by atoms with E-state index < -0.39 is 5.97 Å². The molecule has 0 aromatic carbocycles. The standard InChI is InChI=1S/C11H12ClN3O2/c1-11(2,3)7-5-9-13-6(10(16)17)4-8(12)15(9)14-7/h4-5H,1-3H3,(H,16,17). The van der Waals surface area contributed by atoms with Gasteiger partial charge in [0.2, 0.25) is 0 Å². The second kappa shape index (κ2) is 3.70. The van der Waals surface area contributed by atoms with Crippen molar-refractivity contribution in [2.75, 3.05) is 0 Å². The number of carbonyl (C=O) groups is 1. The fourth-order valence-electron chi connectivity index (χ4n) is 1.41. The van der Waals surface area contributed by atoms with Crippen molar-refractivity contribution < 1.29 is 9.90 Å². The minimum absolute atomic E-state index is 0.0807. The van der Waals surface area contributed by atoms with Crippen LogP contribution in [0.3, 0.4) is 0 Å². The van der Waals surface area contributed by atoms with Crippen molar-refractivity contribution in [1.29, 1.82) is 0 Å². The van der Waals surface area contributed by atoms with E-state index in [0.717, 1.165) is 5.69 Å². The maximum absolute atomic E-state index is 10.8. The molecule has 0 saturated heterocycles. The zero-order chi connectivity index (χ0) is 12.8. The summed E-state index contributed by atoms with van der Waals surface area (Å²) >= 11 is 5.97. The van der Waals surface area contributed by atoms with Crippen molar-refractivity contribution in [1.82, 2.24) is 14.6 Å². The summed E-state index contributed by atoms with van der Waals surface area (Å²) in [5.74, 6) is -1.10. The second-order valence-corrected chi connectivity index (χ2v) is 5.21. The number of rotatable bonds is 1. The summed E-state index contributed by atoms with van der Waals surface area (Å²) in [6.45, 7) is 6.04. The molecule has 0 aliphatic heterocycles. The number of hydrogen-bond acceptors (Lipinski definition) is 3. The maximum atomic E-state index is 10.8. The molecule has 0 aliphatic rings. The topological polar surface area (TPSA) is 67.5 Å². The SMILES string of the molecule is CC(C)(C)c1cc2nc(C(=O)O)cc(Cl)n2n1. The Hall–Kier alpha value is -1.62. The summed E-state index contributed by atoms with van der Waals surface area (Å²) in [5.41, 5.74) is 1.04. The van der Waals surface area contributed by atoms with Crippen molar-refractivity contribution >= 4 is 23.2 Å². The van der Waals surface area contributed by atoms with E-state index in [1.807, 2.05) is 20.8 Å². The predicted octanol–water partition coefficient (Wildman–Crippen LogP) is 2.38. The van der Waals surface area contributed by atoms with Gasteiger partial charge in [-0.3, -0.25) is 0 Å². The Labute approximate surface area is 103 Å². The zero-order valence-corrected chi connectivity index (χ0v) is 10.5. The van der Waals surface area contributed by atoms with Crippen molar-refractivity contribution in [2.45, 2.75) is 26.2 Å². The third kappa shape index (κ3) is 2.10. The predicted molar refractivity (Wildman–Crippen MR) is 63.7 cm³/mol. The molecule has 0 unspecified atom stereocenters. The minimum atomic E-state index is -1.10. The van der Waals surface area contributed by atoms with Gasteiger partial charge in [0.1, 0.15) is 5.15 Å². The van der Waals surface area contributed by atoms with Gasteiger partial charge in [-0.05, 0) is 0 Å². The first-order valence-corrected chi connectivity index (χ1v) is 5.47. The third-order valence-electron chi connectivity index (χ3n) is 2.37. The summed E-state index contributed by atoms with van der Waals surface area (Å²) in [7, 11) is 0. The molecule has 2 rings (SSSR count). The molecule has 2 aromatic heterocycles. The molecule has 90 valence electrons. The lowest BCUT2D eigenvalue weighted by molar-refractivity contribution is 0.0690. The maximum Gasteiger partial charge on any atom is 0.354 e. The molecule has 0 spiro atoms. The minimum Gasteiger partial charge on any atom is -0.477 e. The van der Waals surface area contributed by atoms with Gasteiger partial charge in [-0.15, -0.1) is 0 Å². The number of aromatic nitrogens is 3. The molecule has 6 heteroatoms. The van der Waals surface area contributed by atoms with Gasteiger partial charge in [-0.1, -0.05) is 32.4 Å². The van der Waals surface area contributed by atoms with Gasteiger partial charge in [-0.25, -0.2) is 14.3 Å². The zero-order valence-electron chi connectivity index (χ0n) is 9.73. The van der Waals surface area contributed by atoms with E-state index in [9.17, 15) is 4.79 Å². The van der Waals surface area contributed by atoms with E-state index in [1.54, 1.807) is 6.07 Å². The molecule has 2 heterocycles. The molecule has 2 aromatic rings. The number of carboxylic acids is 1. The molecule has 1 N–H and O–H groups in total. The van der Waals surface area contributed by atoms with Gasteiger partial charge < -0.3 is 5.11 Å². The molecule has 0 fully saturated rings. The van der Waals surface area contributed by atoms with Crippen LogP contribution in [0.1, 0.15) is 37.0 Å². The van der Waals surface area contributed by atoms with Crippen LogP contribution in [0.2, 0.25) is 5.15 Å². The number of hydrogen-bond donors (Lipinski definition) is 1. The van der Waals surface area contributed by atoms with Crippen LogP contribution >= 0.6 is 11.6 Å². The highest BCUT2D eigenvalue weighted by molar-refractivity contribution is 6.30. The van der Waals surface area contributed by atoms with Crippen LogP contribution in [0.15, 0.2) is 12.1 Å². The molecular formula is C11H12ClN3O2. The molecule has 0 radical (unpaired) electrons. The average molecular weight is 254 g/mol. The Morgan fingerprint density at radius 2 is 2.06 bits per heavy atom. The second-order valence-electron chi connectivity index (χ2n) is 4.82. The lowest BCUT2D eigenvalue weighted by Gasteiger charge is -2.13. The Bertz CT molecular complexity index is 599. The van der Waals surface area contributed by atoms with E-state index in [2.05, 4.69) is 10.1 Å². The van der Waals surface area contributed by atoms with E-state index >= 15 is 0 Å². The number of fused-ring (bicyclic) bond motifs is 1. The van der Waals surface area contributed by atoms with Gasteiger partial charge in [0, 0.05) is 17.5 Å². The summed E-state index contributed by atoms with van der Waals surface area (Å²) < 4.78 is 1.44. The van der Waals surface area contributed by atoms with Gasteiger partial charge in [0.15, 0.2) is 11.3 Å². The van der Waals surface area contributed by atoms with Crippen LogP contribution in [-0.2, 0) is 5.41 Å². The van der Waals surface area contributed by atoms with Crippen LogP contribution in [0, 0.1) is 0 Å². The van der Waals surface area contributed by atoms with E-state index in [0.29, 0.717) is 5.65 Å². The van der Waals surface area contributed by atoms with E-state index in [-0.39, 0.29) is 16.3 Å². The Balaban J connectivity index is 2.69. The fourth-order valence-corrected chi connectivity index (χ4v) is 1.64. The Kier molecular flexibility index (Phi) is 2.58. The van der Waals surface area contributed by atoms with Crippen molar-refractivity contribution in [3.8, 4) is 0 Å². The van der Waals surface area contributed by atoms with Crippen LogP contribution in [0.25, 0.3) is 5.65 Å². The molecule has 0 bridgehead atoms. The lowest BCUT2D eigenvalue weighted by atomic mass is 9.93. The Morgan fingerprint density at radius 1 is 1.41 bits per heavy atom. The summed E-state index contributed by atoms with van der Waals surface area (Å²) in [4.78, 5) is 14.8. The smallest absolute Gasteiger partial charge is 0.354 e. The van der Waals surface area contributed by atoms with Gasteiger partial charge >= 0.3 is 5.97 Å². The molecule has 0 saturated carbocycles. The van der Waals surface area contributed by atoms with E-state index in [4.69, 9.17) is 16.7 Å². The highest BCUT2D eigenvalue weighted by atomic mass is 35.5. The molecule has 5 nitrogen and oxygen atoms in total. The average Bonchev–Trinajstić information content (AvgIpc) is 2.60. The summed E-state index contributed by atoms with van der Waals surface area (Å²) in [5, 5.41) is 13.4. The molecule has 17 heavy (non-hydrogen) atoms. The lowest BCUT2D eigenvalue weighted by Crippen LogP contribution is -2.11. The first-order chi connectivity index (χ1) is 7.79. The van der Waals surface area contributed by atoms with Crippen LogP contribution < -0.4 is 0 Å². The largest absolute Gasteiger partial charge is 0.477 e. The van der Waals surface area contributed by atoms with Gasteiger partial charge in [0.25, 0.3) is 0 Å². The number of nitrogens with zero attached hydrogens (tertiary/aromatic N) is 3. The van der Waals surface area contributed by atoms with Gasteiger partial charge in [-0.2, -0.15) is 5.10 Å². The van der Waals surface area contributed by atoms with Crippen LogP contribution in [-0.4, -0.2) is 25.7 Å². The highest BCUT2D eigenvalue weighted by Crippen LogP contribution is 2.23. The number of carboxylic acid groups (broad SMARTS) is 1. The molecule has 0 aliphatic carbocycles. The van der Waals surface area contributed by atoms with E-state index in [1.165, 1.54) is 10.6 Å².